The molecule has 10 heteroatoms. The Morgan fingerprint density at radius 2 is 1.83 bits per heavy atom. The highest BCUT2D eigenvalue weighted by Crippen LogP contribution is 2.29. The smallest absolute Gasteiger partial charge is 0.339 e. The van der Waals surface area contributed by atoms with Crippen molar-refractivity contribution in [1.82, 2.24) is 14.9 Å². The molecule has 1 heterocycles. The fourth-order valence-corrected chi connectivity index (χ4v) is 3.24. The van der Waals surface area contributed by atoms with E-state index in [-0.39, 0.29) is 17.2 Å². The molecule has 0 spiro atoms. The van der Waals surface area contributed by atoms with Crippen molar-refractivity contribution in [3.8, 4) is 17.1 Å². The number of nitrogen functional groups attached to an aromatic ring is 1. The number of anilines is 1. The molecule has 3 rings (SSSR count). The van der Waals surface area contributed by atoms with Gasteiger partial charge in [-0.1, -0.05) is 36.0 Å². The standard InChI is InChI=1S/C19H19N5O4S/c1-27-15-10-6-4-8-13(15)17-22-23-19(24(17)20)29-11-16(25)21-14-9-5-3-7-12(14)18(26)28-2/h3-10H,11,20H2,1-2H3,(H,21,25). The molecule has 9 nitrogen and oxygen atoms in total. The summed E-state index contributed by atoms with van der Waals surface area (Å²) in [4.78, 5) is 24.1. The first-order chi connectivity index (χ1) is 14.0. The number of para-hydroxylation sites is 2. The van der Waals surface area contributed by atoms with Gasteiger partial charge in [0.1, 0.15) is 5.75 Å². The molecule has 0 atom stereocenters. The maximum Gasteiger partial charge on any atom is 0.339 e. The molecule has 0 saturated carbocycles. The van der Waals surface area contributed by atoms with Crippen LogP contribution in [-0.2, 0) is 9.53 Å². The van der Waals surface area contributed by atoms with E-state index < -0.39 is 5.97 Å². The number of nitrogens with zero attached hydrogens (tertiary/aromatic N) is 3. The topological polar surface area (TPSA) is 121 Å². The van der Waals surface area contributed by atoms with Crippen LogP contribution in [0.4, 0.5) is 5.69 Å². The molecule has 0 fully saturated rings. The molecule has 0 aliphatic rings. The van der Waals surface area contributed by atoms with E-state index in [1.165, 1.54) is 11.8 Å². The van der Waals surface area contributed by atoms with Crippen LogP contribution >= 0.6 is 11.8 Å². The van der Waals surface area contributed by atoms with Gasteiger partial charge in [0.2, 0.25) is 11.1 Å². The molecule has 0 radical (unpaired) electrons. The molecule has 150 valence electrons. The van der Waals surface area contributed by atoms with Gasteiger partial charge < -0.3 is 20.6 Å². The lowest BCUT2D eigenvalue weighted by Crippen LogP contribution is -2.18. The number of nitrogens with one attached hydrogen (secondary N) is 1. The lowest BCUT2D eigenvalue weighted by molar-refractivity contribution is -0.113. The minimum atomic E-state index is -0.531. The number of thioether (sulfide) groups is 1. The number of esters is 1. The molecular formula is C19H19N5O4S. The normalized spacial score (nSPS) is 10.4. The van der Waals surface area contributed by atoms with E-state index in [4.69, 9.17) is 15.3 Å². The number of carbonyl (C=O) groups excluding carboxylic acids is 2. The van der Waals surface area contributed by atoms with Crippen LogP contribution in [0.3, 0.4) is 0 Å². The zero-order valence-electron chi connectivity index (χ0n) is 15.8. The van der Waals surface area contributed by atoms with Gasteiger partial charge in [0.05, 0.1) is 36.8 Å². The number of benzene rings is 2. The van der Waals surface area contributed by atoms with Crippen LogP contribution in [0.5, 0.6) is 5.75 Å². The summed E-state index contributed by atoms with van der Waals surface area (Å²) in [6.07, 6.45) is 0. The van der Waals surface area contributed by atoms with E-state index in [2.05, 4.69) is 15.5 Å². The second kappa shape index (κ2) is 9.11. The fourth-order valence-electron chi connectivity index (χ4n) is 2.58. The van der Waals surface area contributed by atoms with Crippen LogP contribution in [0.2, 0.25) is 0 Å². The van der Waals surface area contributed by atoms with Crippen LogP contribution < -0.4 is 15.9 Å². The predicted molar refractivity (Wildman–Crippen MR) is 109 cm³/mol. The van der Waals surface area contributed by atoms with E-state index in [0.717, 1.165) is 11.8 Å². The van der Waals surface area contributed by atoms with Gasteiger partial charge in [-0.05, 0) is 24.3 Å². The summed E-state index contributed by atoms with van der Waals surface area (Å²) in [7, 11) is 2.84. The highest BCUT2D eigenvalue weighted by atomic mass is 32.2. The highest BCUT2D eigenvalue weighted by molar-refractivity contribution is 7.99. The molecule has 1 amide bonds. The van der Waals surface area contributed by atoms with Crippen molar-refractivity contribution < 1.29 is 19.1 Å². The van der Waals surface area contributed by atoms with Crippen molar-refractivity contribution in [1.29, 1.82) is 0 Å². The van der Waals surface area contributed by atoms with E-state index in [9.17, 15) is 9.59 Å². The zero-order valence-corrected chi connectivity index (χ0v) is 16.6. The van der Waals surface area contributed by atoms with Crippen molar-refractivity contribution in [3.05, 3.63) is 54.1 Å². The number of hydrogen-bond acceptors (Lipinski definition) is 8. The van der Waals surface area contributed by atoms with Crippen LogP contribution in [0.25, 0.3) is 11.4 Å². The van der Waals surface area contributed by atoms with Crippen molar-refractivity contribution >= 4 is 29.3 Å². The number of nitrogens with two attached hydrogens (primary N) is 1. The Hall–Kier alpha value is -3.53. The van der Waals surface area contributed by atoms with Gasteiger partial charge in [0, 0.05) is 0 Å². The number of ether oxygens (including phenoxy) is 2. The van der Waals surface area contributed by atoms with Crippen molar-refractivity contribution in [2.45, 2.75) is 5.16 Å². The number of carbonyl (C=O) groups is 2. The molecule has 0 unspecified atom stereocenters. The summed E-state index contributed by atoms with van der Waals surface area (Å²) in [6, 6.07) is 13.9. The molecule has 1 aromatic heterocycles. The van der Waals surface area contributed by atoms with Gasteiger partial charge in [-0.15, -0.1) is 10.2 Å². The molecule has 2 aromatic carbocycles. The van der Waals surface area contributed by atoms with Crippen molar-refractivity contribution in [3.63, 3.8) is 0 Å². The molecular weight excluding hydrogens is 394 g/mol. The van der Waals surface area contributed by atoms with Crippen LogP contribution in [-0.4, -0.2) is 46.7 Å². The SMILES string of the molecule is COC(=O)c1ccccc1NC(=O)CSc1nnc(-c2ccccc2OC)n1N. The van der Waals surface area contributed by atoms with Crippen LogP contribution in [0.1, 0.15) is 10.4 Å². The summed E-state index contributed by atoms with van der Waals surface area (Å²) in [5.41, 5.74) is 1.33. The number of amides is 1. The predicted octanol–water partition coefficient (Wildman–Crippen LogP) is 2.18. The molecule has 3 N–H and O–H groups in total. The molecule has 3 aromatic rings. The van der Waals surface area contributed by atoms with E-state index in [0.29, 0.717) is 28.0 Å². The summed E-state index contributed by atoms with van der Waals surface area (Å²) in [6.45, 7) is 0. The summed E-state index contributed by atoms with van der Waals surface area (Å²) < 4.78 is 11.4. The summed E-state index contributed by atoms with van der Waals surface area (Å²) in [5, 5.41) is 11.2. The molecule has 0 aliphatic carbocycles. The minimum Gasteiger partial charge on any atom is -0.496 e. The average molecular weight is 413 g/mol. The summed E-state index contributed by atoms with van der Waals surface area (Å²) in [5.74, 6) is 6.30. The molecule has 0 aliphatic heterocycles. The molecule has 0 saturated heterocycles. The monoisotopic (exact) mass is 413 g/mol. The third-order valence-corrected chi connectivity index (χ3v) is 4.89. The lowest BCUT2D eigenvalue weighted by Gasteiger charge is -2.09. The van der Waals surface area contributed by atoms with Crippen LogP contribution in [0, 0.1) is 0 Å². The third kappa shape index (κ3) is 4.49. The van der Waals surface area contributed by atoms with Gasteiger partial charge in [0.25, 0.3) is 0 Å². The Kier molecular flexibility index (Phi) is 6.35. The fraction of sp³-hybridized carbons (Fsp3) is 0.158. The number of hydrogen-bond donors (Lipinski definition) is 2. The number of methoxy groups -OCH3 is 2. The number of rotatable bonds is 7. The largest absolute Gasteiger partial charge is 0.496 e. The van der Waals surface area contributed by atoms with Crippen molar-refractivity contribution in [2.24, 2.45) is 0 Å². The van der Waals surface area contributed by atoms with Gasteiger partial charge in [-0.25, -0.2) is 9.47 Å². The maximum absolute atomic E-state index is 12.3. The Balaban J connectivity index is 1.69. The van der Waals surface area contributed by atoms with Gasteiger partial charge >= 0.3 is 5.97 Å². The first kappa shape index (κ1) is 20.2. The van der Waals surface area contributed by atoms with Gasteiger partial charge in [0.15, 0.2) is 5.82 Å². The average Bonchev–Trinajstić information content (AvgIpc) is 3.12. The van der Waals surface area contributed by atoms with Crippen LogP contribution in [0.15, 0.2) is 53.7 Å². The second-order valence-corrected chi connectivity index (χ2v) is 6.69. The number of aromatic nitrogens is 3. The molecule has 0 bridgehead atoms. The van der Waals surface area contributed by atoms with E-state index in [1.54, 1.807) is 37.4 Å². The van der Waals surface area contributed by atoms with E-state index >= 15 is 0 Å². The second-order valence-electron chi connectivity index (χ2n) is 5.75. The van der Waals surface area contributed by atoms with Crippen molar-refractivity contribution in [2.75, 3.05) is 31.1 Å². The lowest BCUT2D eigenvalue weighted by atomic mass is 10.2. The Bertz CT molecular complexity index is 1040. The Morgan fingerprint density at radius 3 is 2.59 bits per heavy atom. The van der Waals surface area contributed by atoms with Gasteiger partial charge in [-0.2, -0.15) is 0 Å². The minimum absolute atomic E-state index is 0.0246. The first-order valence-corrected chi connectivity index (χ1v) is 9.47. The molecule has 29 heavy (non-hydrogen) atoms. The Labute approximate surface area is 171 Å². The quantitative estimate of drug-likeness (QED) is 0.343. The van der Waals surface area contributed by atoms with Gasteiger partial charge in [-0.3, -0.25) is 4.79 Å². The Morgan fingerprint density at radius 1 is 1.10 bits per heavy atom. The maximum atomic E-state index is 12.3. The first-order valence-electron chi connectivity index (χ1n) is 8.49. The van der Waals surface area contributed by atoms with E-state index in [1.807, 2.05) is 18.2 Å². The third-order valence-electron chi connectivity index (χ3n) is 3.95. The highest BCUT2D eigenvalue weighted by Gasteiger charge is 2.18. The summed E-state index contributed by atoms with van der Waals surface area (Å²) >= 11 is 1.12. The zero-order chi connectivity index (χ0) is 20.8.